The second kappa shape index (κ2) is 7.64. The molecule has 5 nitrogen and oxygen atoms in total. The quantitative estimate of drug-likeness (QED) is 0.611. The molecule has 26 heavy (non-hydrogen) atoms. The molecule has 1 fully saturated rings. The molecule has 1 atom stereocenters. The molecule has 0 N–H and O–H groups in total. The monoisotopic (exact) mass is 407 g/mol. The Kier molecular flexibility index (Phi) is 5.26. The Labute approximate surface area is 164 Å². The first kappa shape index (κ1) is 17.9. The highest BCUT2D eigenvalue weighted by atomic mass is 32.1. The number of thiazole rings is 1. The van der Waals surface area contributed by atoms with E-state index in [2.05, 4.69) is 16.4 Å². The van der Waals surface area contributed by atoms with E-state index >= 15 is 0 Å². The summed E-state index contributed by atoms with van der Waals surface area (Å²) >= 11 is 4.80. The summed E-state index contributed by atoms with van der Waals surface area (Å²) in [7, 11) is 3.97. The number of ether oxygens (including phenoxy) is 1. The fourth-order valence-electron chi connectivity index (χ4n) is 3.02. The minimum absolute atomic E-state index is 0.0792. The highest BCUT2D eigenvalue weighted by Crippen LogP contribution is 2.34. The predicted molar refractivity (Wildman–Crippen MR) is 110 cm³/mol. The first-order valence-electron chi connectivity index (χ1n) is 8.61. The van der Waals surface area contributed by atoms with E-state index in [1.54, 1.807) is 22.7 Å². The molecular formula is C18H21N3O2S3. The molecule has 3 aromatic heterocycles. The van der Waals surface area contributed by atoms with Gasteiger partial charge in [0.05, 0.1) is 22.2 Å². The van der Waals surface area contributed by atoms with Crippen molar-refractivity contribution in [3.63, 3.8) is 0 Å². The van der Waals surface area contributed by atoms with Gasteiger partial charge in [0.2, 0.25) is 0 Å². The number of carbonyl (C=O) groups excluding carboxylic acids is 1. The summed E-state index contributed by atoms with van der Waals surface area (Å²) in [5.74, 6) is 0.0792. The molecule has 8 heteroatoms. The van der Waals surface area contributed by atoms with Crippen molar-refractivity contribution in [3.05, 3.63) is 33.3 Å². The number of anilines is 1. The smallest absolute Gasteiger partial charge is 0.264 e. The highest BCUT2D eigenvalue weighted by Gasteiger charge is 2.25. The third-order valence-electron chi connectivity index (χ3n) is 4.33. The van der Waals surface area contributed by atoms with Gasteiger partial charge in [-0.05, 0) is 30.4 Å². The number of aromatic nitrogens is 1. The van der Waals surface area contributed by atoms with Gasteiger partial charge in [-0.2, -0.15) is 0 Å². The molecule has 0 spiro atoms. The third kappa shape index (κ3) is 3.78. The molecule has 1 aliphatic heterocycles. The van der Waals surface area contributed by atoms with Gasteiger partial charge < -0.3 is 14.5 Å². The van der Waals surface area contributed by atoms with Crippen LogP contribution < -0.4 is 4.90 Å². The molecular weight excluding hydrogens is 386 g/mol. The maximum atomic E-state index is 13.2. The molecule has 0 saturated carbocycles. The fourth-order valence-corrected chi connectivity index (χ4v) is 5.84. The fraction of sp³-hybridized carbons (Fsp3) is 0.444. The summed E-state index contributed by atoms with van der Waals surface area (Å²) in [6, 6.07) is 6.10. The van der Waals surface area contributed by atoms with Crippen LogP contribution in [0.1, 0.15) is 27.4 Å². The average Bonchev–Trinajstić information content (AvgIpc) is 3.37. The van der Waals surface area contributed by atoms with Gasteiger partial charge in [0, 0.05) is 32.1 Å². The molecule has 0 aliphatic carbocycles. The molecule has 1 amide bonds. The molecule has 0 radical (unpaired) electrons. The summed E-state index contributed by atoms with van der Waals surface area (Å²) in [6.07, 6.45) is 2.26. The number of thiophene rings is 2. The van der Waals surface area contributed by atoms with Crippen molar-refractivity contribution in [2.24, 2.45) is 0 Å². The average molecular weight is 408 g/mol. The summed E-state index contributed by atoms with van der Waals surface area (Å²) in [4.78, 5) is 24.7. The number of hydrogen-bond acceptors (Lipinski definition) is 7. The van der Waals surface area contributed by atoms with Crippen LogP contribution in [-0.2, 0) is 11.3 Å². The van der Waals surface area contributed by atoms with E-state index in [1.165, 1.54) is 16.2 Å². The predicted octanol–water partition coefficient (Wildman–Crippen LogP) is 4.31. The Morgan fingerprint density at radius 2 is 2.27 bits per heavy atom. The van der Waals surface area contributed by atoms with Crippen molar-refractivity contribution in [2.45, 2.75) is 25.5 Å². The van der Waals surface area contributed by atoms with Crippen LogP contribution in [0.5, 0.6) is 0 Å². The molecule has 4 heterocycles. The Morgan fingerprint density at radius 1 is 1.38 bits per heavy atom. The zero-order valence-electron chi connectivity index (χ0n) is 14.8. The third-order valence-corrected chi connectivity index (χ3v) is 7.51. The Bertz CT molecular complexity index is 847. The van der Waals surface area contributed by atoms with Crippen LogP contribution in [0.25, 0.3) is 9.53 Å². The zero-order valence-corrected chi connectivity index (χ0v) is 17.3. The standard InChI is InChI=1S/C18H21N3O2S3/c1-20(2)18-19-16-14(26-18)9-15(25-16)17(22)21(10-12-5-3-7-23-12)11-13-6-4-8-24-13/h4,6,8-9,12H,3,5,7,10-11H2,1-2H3. The van der Waals surface area contributed by atoms with E-state index < -0.39 is 0 Å². The van der Waals surface area contributed by atoms with Gasteiger partial charge in [-0.3, -0.25) is 4.79 Å². The molecule has 0 aromatic carbocycles. The molecule has 4 rings (SSSR count). The Hall–Kier alpha value is -1.48. The molecule has 3 aromatic rings. The van der Waals surface area contributed by atoms with Crippen molar-refractivity contribution in [3.8, 4) is 0 Å². The number of fused-ring (bicyclic) bond motifs is 1. The van der Waals surface area contributed by atoms with Gasteiger partial charge in [-0.15, -0.1) is 22.7 Å². The van der Waals surface area contributed by atoms with Gasteiger partial charge in [-0.1, -0.05) is 17.4 Å². The molecule has 0 bridgehead atoms. The van der Waals surface area contributed by atoms with Crippen molar-refractivity contribution < 1.29 is 9.53 Å². The SMILES string of the molecule is CN(C)c1nc2sc(C(=O)N(Cc3cccs3)CC3CCCO3)cc2s1. The first-order valence-corrected chi connectivity index (χ1v) is 11.1. The maximum absolute atomic E-state index is 13.2. The van der Waals surface area contributed by atoms with Gasteiger partial charge in [-0.25, -0.2) is 4.98 Å². The van der Waals surface area contributed by atoms with E-state index in [9.17, 15) is 4.79 Å². The summed E-state index contributed by atoms with van der Waals surface area (Å²) in [5.41, 5.74) is 0. The minimum Gasteiger partial charge on any atom is -0.376 e. The molecule has 1 unspecified atom stereocenters. The van der Waals surface area contributed by atoms with Crippen LogP contribution in [0.2, 0.25) is 0 Å². The van der Waals surface area contributed by atoms with Crippen LogP contribution in [-0.4, -0.2) is 49.1 Å². The van der Waals surface area contributed by atoms with Crippen LogP contribution in [0, 0.1) is 0 Å². The minimum atomic E-state index is 0.0792. The van der Waals surface area contributed by atoms with E-state index in [-0.39, 0.29) is 12.0 Å². The molecule has 138 valence electrons. The number of amides is 1. The summed E-state index contributed by atoms with van der Waals surface area (Å²) in [5, 5.41) is 3.03. The van der Waals surface area contributed by atoms with Gasteiger partial charge in [0.1, 0.15) is 4.83 Å². The van der Waals surface area contributed by atoms with Crippen molar-refractivity contribution in [2.75, 3.05) is 32.1 Å². The van der Waals surface area contributed by atoms with Crippen LogP contribution in [0.3, 0.4) is 0 Å². The molecule has 1 aliphatic rings. The maximum Gasteiger partial charge on any atom is 0.264 e. The van der Waals surface area contributed by atoms with E-state index in [4.69, 9.17) is 4.74 Å². The molecule has 1 saturated heterocycles. The number of carbonyl (C=O) groups is 1. The van der Waals surface area contributed by atoms with Gasteiger partial charge in [0.25, 0.3) is 5.91 Å². The lowest BCUT2D eigenvalue weighted by Crippen LogP contribution is -2.36. The van der Waals surface area contributed by atoms with E-state index in [0.29, 0.717) is 13.1 Å². The Balaban J connectivity index is 1.56. The largest absolute Gasteiger partial charge is 0.376 e. The van der Waals surface area contributed by atoms with Gasteiger partial charge >= 0.3 is 0 Å². The first-order chi connectivity index (χ1) is 12.6. The Morgan fingerprint density at radius 3 is 2.92 bits per heavy atom. The van der Waals surface area contributed by atoms with Crippen LogP contribution >= 0.6 is 34.0 Å². The zero-order chi connectivity index (χ0) is 18.1. The number of nitrogens with zero attached hydrogens (tertiary/aromatic N) is 3. The second-order valence-electron chi connectivity index (χ2n) is 6.57. The van der Waals surface area contributed by atoms with E-state index in [1.807, 2.05) is 36.0 Å². The van der Waals surface area contributed by atoms with Crippen LogP contribution in [0.4, 0.5) is 5.13 Å². The summed E-state index contributed by atoms with van der Waals surface area (Å²) in [6.45, 7) is 2.09. The normalized spacial score (nSPS) is 17.1. The lowest BCUT2D eigenvalue weighted by molar-refractivity contribution is 0.0513. The highest BCUT2D eigenvalue weighted by molar-refractivity contribution is 7.29. The van der Waals surface area contributed by atoms with Crippen molar-refractivity contribution in [1.29, 1.82) is 0 Å². The lowest BCUT2D eigenvalue weighted by Gasteiger charge is -2.24. The van der Waals surface area contributed by atoms with Gasteiger partial charge in [0.15, 0.2) is 5.13 Å². The number of hydrogen-bond donors (Lipinski definition) is 0. The van der Waals surface area contributed by atoms with Crippen molar-refractivity contribution >= 4 is 54.6 Å². The second-order valence-corrected chi connectivity index (χ2v) is 9.64. The lowest BCUT2D eigenvalue weighted by atomic mass is 10.2. The van der Waals surface area contributed by atoms with Crippen molar-refractivity contribution in [1.82, 2.24) is 9.88 Å². The number of rotatable bonds is 6. The summed E-state index contributed by atoms with van der Waals surface area (Å²) < 4.78 is 6.85. The van der Waals surface area contributed by atoms with E-state index in [0.717, 1.165) is 39.0 Å². The topological polar surface area (TPSA) is 45.7 Å². The van der Waals surface area contributed by atoms with Crippen LogP contribution in [0.15, 0.2) is 23.6 Å².